The highest BCUT2D eigenvalue weighted by molar-refractivity contribution is 5.87. The number of hydrogen-bond acceptors (Lipinski definition) is 2. The van der Waals surface area contributed by atoms with E-state index in [9.17, 15) is 4.79 Å². The molecular weight excluding hydrogens is 272 g/mol. The molecule has 2 saturated carbocycles. The highest BCUT2D eigenvalue weighted by atomic mass is 16.5. The summed E-state index contributed by atoms with van der Waals surface area (Å²) in [6.07, 6.45) is 6.62. The maximum atomic E-state index is 12.4. The van der Waals surface area contributed by atoms with Gasteiger partial charge < -0.3 is 4.74 Å². The number of ketones is 1. The number of benzene rings is 1. The van der Waals surface area contributed by atoms with Crippen molar-refractivity contribution in [1.82, 2.24) is 0 Å². The summed E-state index contributed by atoms with van der Waals surface area (Å²) in [6, 6.07) is 6.69. The number of Topliss-reactive ketones (excluding diaryl/α,β-unsaturated/α-hetero) is 1. The third kappa shape index (κ3) is 1.96. The molecule has 1 aromatic rings. The van der Waals surface area contributed by atoms with Gasteiger partial charge in [0.05, 0.1) is 6.61 Å². The average Bonchev–Trinajstić information content (AvgIpc) is 2.83. The molecule has 2 fully saturated rings. The Hall–Kier alpha value is -1.31. The third-order valence-electron chi connectivity index (χ3n) is 6.72. The van der Waals surface area contributed by atoms with Crippen LogP contribution in [0.4, 0.5) is 0 Å². The van der Waals surface area contributed by atoms with E-state index in [1.807, 2.05) is 6.92 Å². The van der Waals surface area contributed by atoms with Gasteiger partial charge in [-0.15, -0.1) is 0 Å². The zero-order chi connectivity index (χ0) is 15.3. The molecule has 2 heteroatoms. The van der Waals surface area contributed by atoms with Gasteiger partial charge in [-0.3, -0.25) is 4.79 Å². The fourth-order valence-electron chi connectivity index (χ4n) is 5.59. The predicted molar refractivity (Wildman–Crippen MR) is 87.2 cm³/mol. The van der Waals surface area contributed by atoms with Gasteiger partial charge in [-0.05, 0) is 80.0 Å². The van der Waals surface area contributed by atoms with Gasteiger partial charge in [0.2, 0.25) is 0 Å². The normalized spacial score (nSPS) is 36.5. The monoisotopic (exact) mass is 298 g/mol. The number of carbonyl (C=O) groups is 1. The molecule has 3 aliphatic carbocycles. The standard InChI is InChI=1S/C20H26O2/c1-3-22-14-5-7-15-13(12-14)4-6-17-16(15)10-11-20(2)18(17)8-9-19(20)21/h5,7,12,16-18H,3-4,6,8-11H2,1-2H3/t16-,17-,18+,20+/m1/s1. The van der Waals surface area contributed by atoms with Crippen LogP contribution in [0.15, 0.2) is 18.2 Å². The van der Waals surface area contributed by atoms with Crippen LogP contribution in [0.5, 0.6) is 5.75 Å². The SMILES string of the molecule is CCOc1ccc2c(c1)CC[C@@H]1[C@@H]2CC[C@]2(C)C(=O)CC[C@@H]12. The Morgan fingerprint density at radius 3 is 2.91 bits per heavy atom. The van der Waals surface area contributed by atoms with Crippen LogP contribution in [0.2, 0.25) is 0 Å². The van der Waals surface area contributed by atoms with Gasteiger partial charge >= 0.3 is 0 Å². The van der Waals surface area contributed by atoms with Gasteiger partial charge in [0.25, 0.3) is 0 Å². The number of carbonyl (C=O) groups excluding carboxylic acids is 1. The maximum absolute atomic E-state index is 12.4. The molecule has 0 unspecified atom stereocenters. The minimum atomic E-state index is -0.00999. The first-order valence-electron chi connectivity index (χ1n) is 8.92. The Bertz CT molecular complexity index is 606. The molecule has 0 heterocycles. The Morgan fingerprint density at radius 2 is 2.09 bits per heavy atom. The number of aryl methyl sites for hydroxylation is 1. The van der Waals surface area contributed by atoms with Crippen molar-refractivity contribution in [2.45, 2.75) is 58.3 Å². The molecule has 118 valence electrons. The fourth-order valence-corrected chi connectivity index (χ4v) is 5.59. The summed E-state index contributed by atoms with van der Waals surface area (Å²) in [7, 11) is 0. The Labute approximate surface area is 133 Å². The van der Waals surface area contributed by atoms with E-state index in [-0.39, 0.29) is 5.41 Å². The zero-order valence-electron chi connectivity index (χ0n) is 13.7. The molecule has 2 nitrogen and oxygen atoms in total. The lowest BCUT2D eigenvalue weighted by molar-refractivity contribution is -0.129. The molecule has 4 rings (SSSR count). The topological polar surface area (TPSA) is 26.3 Å². The Morgan fingerprint density at radius 1 is 1.23 bits per heavy atom. The second kappa shape index (κ2) is 5.11. The first-order valence-corrected chi connectivity index (χ1v) is 8.92. The minimum Gasteiger partial charge on any atom is -0.494 e. The van der Waals surface area contributed by atoms with Gasteiger partial charge in [0.15, 0.2) is 0 Å². The minimum absolute atomic E-state index is 0.00999. The molecule has 3 aliphatic rings. The number of fused-ring (bicyclic) bond motifs is 5. The lowest BCUT2D eigenvalue weighted by Gasteiger charge is -2.48. The van der Waals surface area contributed by atoms with Crippen LogP contribution in [-0.2, 0) is 11.2 Å². The summed E-state index contributed by atoms with van der Waals surface area (Å²) in [6.45, 7) is 5.01. The smallest absolute Gasteiger partial charge is 0.139 e. The van der Waals surface area contributed by atoms with Gasteiger partial charge in [0.1, 0.15) is 11.5 Å². The lowest BCUT2D eigenvalue weighted by Crippen LogP contribution is -2.42. The molecule has 4 atom stereocenters. The molecule has 0 radical (unpaired) electrons. The number of ether oxygens (including phenoxy) is 1. The van der Waals surface area contributed by atoms with Gasteiger partial charge in [-0.2, -0.15) is 0 Å². The maximum Gasteiger partial charge on any atom is 0.139 e. The van der Waals surface area contributed by atoms with Crippen LogP contribution in [0, 0.1) is 17.3 Å². The quantitative estimate of drug-likeness (QED) is 0.803. The van der Waals surface area contributed by atoms with Gasteiger partial charge in [0, 0.05) is 11.8 Å². The van der Waals surface area contributed by atoms with Gasteiger partial charge in [-0.25, -0.2) is 0 Å². The van der Waals surface area contributed by atoms with Crippen molar-refractivity contribution in [3.63, 3.8) is 0 Å². The van der Waals surface area contributed by atoms with Crippen molar-refractivity contribution in [3.05, 3.63) is 29.3 Å². The number of hydrogen-bond donors (Lipinski definition) is 0. The average molecular weight is 298 g/mol. The van der Waals surface area contributed by atoms with Crippen molar-refractivity contribution in [1.29, 1.82) is 0 Å². The van der Waals surface area contributed by atoms with E-state index in [4.69, 9.17) is 4.74 Å². The van der Waals surface area contributed by atoms with Crippen molar-refractivity contribution in [2.75, 3.05) is 6.61 Å². The number of rotatable bonds is 2. The van der Waals surface area contributed by atoms with E-state index in [0.29, 0.717) is 17.6 Å². The molecule has 0 spiro atoms. The molecular formula is C20H26O2. The van der Waals surface area contributed by atoms with Crippen molar-refractivity contribution >= 4 is 5.78 Å². The summed E-state index contributed by atoms with van der Waals surface area (Å²) >= 11 is 0. The summed E-state index contributed by atoms with van der Waals surface area (Å²) in [4.78, 5) is 12.4. The van der Waals surface area contributed by atoms with E-state index in [0.717, 1.165) is 44.0 Å². The molecule has 0 bridgehead atoms. The van der Waals surface area contributed by atoms with Crippen LogP contribution in [0.3, 0.4) is 0 Å². The lowest BCUT2D eigenvalue weighted by atomic mass is 9.55. The van der Waals surface area contributed by atoms with Crippen molar-refractivity contribution < 1.29 is 9.53 Å². The van der Waals surface area contributed by atoms with Crippen molar-refractivity contribution in [3.8, 4) is 5.75 Å². The fraction of sp³-hybridized carbons (Fsp3) is 0.650. The summed E-state index contributed by atoms with van der Waals surface area (Å²) < 4.78 is 5.66. The summed E-state index contributed by atoms with van der Waals surface area (Å²) in [5, 5.41) is 0. The first kappa shape index (κ1) is 14.3. The Kier molecular flexibility index (Phi) is 3.32. The largest absolute Gasteiger partial charge is 0.494 e. The van der Waals surface area contributed by atoms with Crippen LogP contribution in [0.1, 0.15) is 63.0 Å². The molecule has 0 aromatic heterocycles. The van der Waals surface area contributed by atoms with Crippen LogP contribution in [-0.4, -0.2) is 12.4 Å². The second-order valence-electron chi connectivity index (χ2n) is 7.63. The van der Waals surface area contributed by atoms with E-state index in [2.05, 4.69) is 25.1 Å². The van der Waals surface area contributed by atoms with Gasteiger partial charge in [-0.1, -0.05) is 13.0 Å². The molecule has 22 heavy (non-hydrogen) atoms. The zero-order valence-corrected chi connectivity index (χ0v) is 13.7. The van der Waals surface area contributed by atoms with E-state index < -0.39 is 0 Å². The Balaban J connectivity index is 1.66. The molecule has 0 saturated heterocycles. The van der Waals surface area contributed by atoms with Crippen LogP contribution < -0.4 is 4.74 Å². The highest BCUT2D eigenvalue weighted by Gasteiger charge is 2.54. The third-order valence-corrected chi connectivity index (χ3v) is 6.72. The van der Waals surface area contributed by atoms with E-state index >= 15 is 0 Å². The summed E-state index contributed by atoms with van der Waals surface area (Å²) in [5.41, 5.74) is 3.02. The highest BCUT2D eigenvalue weighted by Crippen LogP contribution is 2.59. The second-order valence-corrected chi connectivity index (χ2v) is 7.63. The molecule has 0 N–H and O–H groups in total. The predicted octanol–water partition coefficient (Wildman–Crippen LogP) is 4.51. The van der Waals surface area contributed by atoms with Crippen LogP contribution in [0.25, 0.3) is 0 Å². The molecule has 1 aromatic carbocycles. The van der Waals surface area contributed by atoms with Crippen molar-refractivity contribution in [2.24, 2.45) is 17.3 Å². The summed E-state index contributed by atoms with van der Waals surface area (Å²) in [5.74, 6) is 3.56. The first-order chi connectivity index (χ1) is 10.6. The molecule has 0 aliphatic heterocycles. The van der Waals surface area contributed by atoms with E-state index in [1.165, 1.54) is 18.4 Å². The molecule has 0 amide bonds. The van der Waals surface area contributed by atoms with Crippen LogP contribution >= 0.6 is 0 Å². The van der Waals surface area contributed by atoms with E-state index in [1.54, 1.807) is 5.56 Å².